The van der Waals surface area contributed by atoms with Crippen LogP contribution in [0.25, 0.3) is 0 Å². The molecular formula is C16H18N4O. The molecule has 0 spiro atoms. The lowest BCUT2D eigenvalue weighted by Gasteiger charge is -2.25. The van der Waals surface area contributed by atoms with Crippen molar-refractivity contribution >= 4 is 11.6 Å². The number of fused-ring (bicyclic) bond motifs is 1. The van der Waals surface area contributed by atoms with Crippen molar-refractivity contribution in [3.8, 4) is 0 Å². The summed E-state index contributed by atoms with van der Waals surface area (Å²) in [6, 6.07) is 9.94. The maximum absolute atomic E-state index is 12.3. The first kappa shape index (κ1) is 13.5. The van der Waals surface area contributed by atoms with Gasteiger partial charge in [-0.3, -0.25) is 4.79 Å². The van der Waals surface area contributed by atoms with Gasteiger partial charge in [0, 0.05) is 18.4 Å². The lowest BCUT2D eigenvalue weighted by molar-refractivity contribution is -0.124. The number of carbonyl (C=O) groups excluding carboxylic acids is 1. The van der Waals surface area contributed by atoms with Gasteiger partial charge in [0.1, 0.15) is 5.82 Å². The van der Waals surface area contributed by atoms with Crippen molar-refractivity contribution < 1.29 is 4.79 Å². The highest BCUT2D eigenvalue weighted by atomic mass is 16.1. The molecule has 0 radical (unpaired) electrons. The molecule has 5 heteroatoms. The highest BCUT2D eigenvalue weighted by Gasteiger charge is 2.23. The first-order chi connectivity index (χ1) is 10.2. The number of amides is 1. The van der Waals surface area contributed by atoms with Crippen LogP contribution in [0.1, 0.15) is 17.1 Å². The van der Waals surface area contributed by atoms with Crippen LogP contribution in [-0.2, 0) is 17.8 Å². The Kier molecular flexibility index (Phi) is 3.81. The van der Waals surface area contributed by atoms with Crippen LogP contribution in [-0.4, -0.2) is 22.4 Å². The van der Waals surface area contributed by atoms with Gasteiger partial charge in [0.2, 0.25) is 5.91 Å². The Morgan fingerprint density at radius 2 is 2.24 bits per heavy atom. The highest BCUT2D eigenvalue weighted by molar-refractivity contribution is 5.80. The Morgan fingerprint density at radius 3 is 3.10 bits per heavy atom. The monoisotopic (exact) mass is 282 g/mol. The molecular weight excluding hydrogens is 264 g/mol. The summed E-state index contributed by atoms with van der Waals surface area (Å²) in [7, 11) is 0. The van der Waals surface area contributed by atoms with Crippen molar-refractivity contribution in [2.75, 3.05) is 11.9 Å². The van der Waals surface area contributed by atoms with Gasteiger partial charge in [0.25, 0.3) is 0 Å². The van der Waals surface area contributed by atoms with Crippen LogP contribution in [0.15, 0.2) is 36.5 Å². The van der Waals surface area contributed by atoms with Crippen LogP contribution in [0, 0.1) is 12.8 Å². The summed E-state index contributed by atoms with van der Waals surface area (Å²) in [6.45, 7) is 2.96. The van der Waals surface area contributed by atoms with Crippen LogP contribution in [0.4, 0.5) is 5.69 Å². The molecule has 108 valence electrons. The second-order valence-electron chi connectivity index (χ2n) is 5.25. The van der Waals surface area contributed by atoms with E-state index in [0.29, 0.717) is 13.1 Å². The van der Waals surface area contributed by atoms with Crippen molar-refractivity contribution in [3.05, 3.63) is 53.6 Å². The summed E-state index contributed by atoms with van der Waals surface area (Å²) in [5.41, 5.74) is 3.16. The molecule has 5 nitrogen and oxygen atoms in total. The van der Waals surface area contributed by atoms with E-state index in [9.17, 15) is 4.79 Å². The lowest BCUT2D eigenvalue weighted by atomic mass is 9.93. The molecule has 1 unspecified atom stereocenters. The van der Waals surface area contributed by atoms with Gasteiger partial charge >= 0.3 is 0 Å². The molecule has 0 saturated carbocycles. The van der Waals surface area contributed by atoms with Gasteiger partial charge < -0.3 is 10.6 Å². The molecule has 0 aliphatic carbocycles. The molecule has 2 heterocycles. The Bertz CT molecular complexity index is 656. The van der Waals surface area contributed by atoms with Crippen LogP contribution >= 0.6 is 0 Å². The van der Waals surface area contributed by atoms with Gasteiger partial charge in [0.15, 0.2) is 0 Å². The van der Waals surface area contributed by atoms with E-state index in [0.717, 1.165) is 23.6 Å². The van der Waals surface area contributed by atoms with Crippen LogP contribution in [0.3, 0.4) is 0 Å². The highest BCUT2D eigenvalue weighted by Crippen LogP contribution is 2.24. The fraction of sp³-hybridized carbons (Fsp3) is 0.312. The Morgan fingerprint density at radius 1 is 1.38 bits per heavy atom. The molecule has 21 heavy (non-hydrogen) atoms. The van der Waals surface area contributed by atoms with E-state index >= 15 is 0 Å². The number of aromatic nitrogens is 2. The number of hydrogen-bond donors (Lipinski definition) is 2. The quantitative estimate of drug-likeness (QED) is 0.899. The van der Waals surface area contributed by atoms with E-state index < -0.39 is 0 Å². The number of nitrogens with one attached hydrogen (secondary N) is 2. The Labute approximate surface area is 123 Å². The molecule has 0 bridgehead atoms. The minimum Gasteiger partial charge on any atom is -0.384 e. The van der Waals surface area contributed by atoms with Gasteiger partial charge in [-0.25, -0.2) is 9.97 Å². The Balaban J connectivity index is 1.59. The second-order valence-corrected chi connectivity index (χ2v) is 5.25. The van der Waals surface area contributed by atoms with E-state index in [2.05, 4.69) is 26.7 Å². The summed E-state index contributed by atoms with van der Waals surface area (Å²) in [6.07, 6.45) is 2.49. The molecule has 1 aromatic carbocycles. The zero-order valence-corrected chi connectivity index (χ0v) is 12.0. The lowest BCUT2D eigenvalue weighted by Crippen LogP contribution is -2.38. The predicted octanol–water partition coefficient (Wildman–Crippen LogP) is 1.69. The van der Waals surface area contributed by atoms with E-state index in [1.807, 2.05) is 31.2 Å². The van der Waals surface area contributed by atoms with E-state index in [-0.39, 0.29) is 11.8 Å². The molecule has 2 N–H and O–H groups in total. The molecule has 0 saturated heterocycles. The van der Waals surface area contributed by atoms with E-state index in [4.69, 9.17) is 0 Å². The average molecular weight is 282 g/mol. The summed E-state index contributed by atoms with van der Waals surface area (Å²) >= 11 is 0. The third-order valence-electron chi connectivity index (χ3n) is 3.67. The molecule has 1 aliphatic rings. The van der Waals surface area contributed by atoms with E-state index in [1.54, 1.807) is 6.20 Å². The third kappa shape index (κ3) is 3.18. The number of nitrogens with zero attached hydrogens (tertiary/aromatic N) is 2. The Hall–Kier alpha value is -2.43. The molecule has 1 aliphatic heterocycles. The summed E-state index contributed by atoms with van der Waals surface area (Å²) < 4.78 is 0. The molecule has 1 amide bonds. The summed E-state index contributed by atoms with van der Waals surface area (Å²) in [5.74, 6) is 0.742. The zero-order chi connectivity index (χ0) is 14.7. The number of anilines is 1. The number of para-hydroxylation sites is 1. The number of benzene rings is 1. The third-order valence-corrected chi connectivity index (χ3v) is 3.67. The van der Waals surface area contributed by atoms with Gasteiger partial charge in [-0.1, -0.05) is 18.2 Å². The maximum atomic E-state index is 12.3. The number of hydrogen-bond acceptors (Lipinski definition) is 4. The standard InChI is InChI=1S/C16H18N4O/c1-11-17-7-6-14(20-11)10-19-16(21)13-8-12-4-2-3-5-15(12)18-9-13/h2-7,13,18H,8-10H2,1H3,(H,19,21). The van der Waals surface area contributed by atoms with Crippen molar-refractivity contribution in [1.82, 2.24) is 15.3 Å². The molecule has 2 aromatic rings. The SMILES string of the molecule is Cc1nccc(CNC(=O)C2CNc3ccccc3C2)n1. The van der Waals surface area contributed by atoms with Crippen LogP contribution in [0.2, 0.25) is 0 Å². The molecule has 1 atom stereocenters. The van der Waals surface area contributed by atoms with Crippen molar-refractivity contribution in [1.29, 1.82) is 0 Å². The van der Waals surface area contributed by atoms with Gasteiger partial charge in [-0.2, -0.15) is 0 Å². The fourth-order valence-electron chi connectivity index (χ4n) is 2.55. The van der Waals surface area contributed by atoms with Crippen LogP contribution < -0.4 is 10.6 Å². The summed E-state index contributed by atoms with van der Waals surface area (Å²) in [4.78, 5) is 20.6. The minimum atomic E-state index is -0.0390. The zero-order valence-electron chi connectivity index (χ0n) is 12.0. The number of aryl methyl sites for hydroxylation is 1. The van der Waals surface area contributed by atoms with E-state index in [1.165, 1.54) is 5.56 Å². The topological polar surface area (TPSA) is 66.9 Å². The number of rotatable bonds is 3. The maximum Gasteiger partial charge on any atom is 0.225 e. The predicted molar refractivity (Wildman–Crippen MR) is 80.7 cm³/mol. The van der Waals surface area contributed by atoms with Gasteiger partial charge in [-0.05, 0) is 31.0 Å². The van der Waals surface area contributed by atoms with Gasteiger partial charge in [0.05, 0.1) is 18.2 Å². The second kappa shape index (κ2) is 5.91. The smallest absolute Gasteiger partial charge is 0.225 e. The fourth-order valence-corrected chi connectivity index (χ4v) is 2.55. The van der Waals surface area contributed by atoms with Crippen molar-refractivity contribution in [3.63, 3.8) is 0 Å². The van der Waals surface area contributed by atoms with Gasteiger partial charge in [-0.15, -0.1) is 0 Å². The van der Waals surface area contributed by atoms with Crippen LogP contribution in [0.5, 0.6) is 0 Å². The molecule has 0 fully saturated rings. The average Bonchev–Trinajstić information content (AvgIpc) is 2.52. The molecule has 3 rings (SSSR count). The first-order valence-electron chi connectivity index (χ1n) is 7.10. The number of carbonyl (C=O) groups is 1. The van der Waals surface area contributed by atoms with Crippen molar-refractivity contribution in [2.45, 2.75) is 19.9 Å². The molecule has 1 aromatic heterocycles. The summed E-state index contributed by atoms with van der Waals surface area (Å²) in [5, 5.41) is 6.27. The first-order valence-corrected chi connectivity index (χ1v) is 7.10. The van der Waals surface area contributed by atoms with Crippen molar-refractivity contribution in [2.24, 2.45) is 5.92 Å². The largest absolute Gasteiger partial charge is 0.384 e. The normalized spacial score (nSPS) is 16.7. The minimum absolute atomic E-state index is 0.0390.